The van der Waals surface area contributed by atoms with Gasteiger partial charge in [-0.3, -0.25) is 0 Å². The molecule has 0 spiro atoms. The summed E-state index contributed by atoms with van der Waals surface area (Å²) in [5, 5.41) is 0. The largest absolute Gasteiger partial charge is 0.391 e. The number of hydrogen-bond acceptors (Lipinski definition) is 0. The summed E-state index contributed by atoms with van der Waals surface area (Å²) in [6.45, 7) is 6.09. The first-order valence-corrected chi connectivity index (χ1v) is 6.10. The average molecular weight is 224 g/mol. The van der Waals surface area contributed by atoms with E-state index < -0.39 is 12.1 Å². The molecule has 1 rings (SSSR count). The van der Waals surface area contributed by atoms with Crippen molar-refractivity contribution in [3.8, 4) is 0 Å². The number of halogens is 3. The van der Waals surface area contributed by atoms with Gasteiger partial charge in [0.25, 0.3) is 0 Å². The van der Waals surface area contributed by atoms with E-state index in [4.69, 9.17) is 0 Å². The molecule has 0 radical (unpaired) electrons. The summed E-state index contributed by atoms with van der Waals surface area (Å²) >= 11 is 0. The second-order valence-corrected chi connectivity index (χ2v) is 4.05. The van der Waals surface area contributed by atoms with E-state index in [0.29, 0.717) is 18.8 Å². The lowest BCUT2D eigenvalue weighted by Crippen LogP contribution is -2.27. The van der Waals surface area contributed by atoms with Crippen molar-refractivity contribution >= 4 is 0 Å². The minimum atomic E-state index is -3.95. The Morgan fingerprint density at radius 2 is 1.47 bits per heavy atom. The summed E-state index contributed by atoms with van der Waals surface area (Å²) in [6.07, 6.45) is 0.515. The second-order valence-electron chi connectivity index (χ2n) is 4.05. The molecule has 3 heteroatoms. The Labute approximate surface area is 91.3 Å². The summed E-state index contributed by atoms with van der Waals surface area (Å²) in [7, 11) is 0. The molecule has 15 heavy (non-hydrogen) atoms. The third kappa shape index (κ3) is 5.43. The van der Waals surface area contributed by atoms with Crippen molar-refractivity contribution in [3.63, 3.8) is 0 Å². The lowest BCUT2D eigenvalue weighted by Gasteiger charge is -2.29. The van der Waals surface area contributed by atoms with E-state index in [1.54, 1.807) is 0 Å². The molecule has 1 aliphatic rings. The fourth-order valence-electron chi connectivity index (χ4n) is 2.19. The Morgan fingerprint density at radius 3 is 1.80 bits per heavy atom. The third-order valence-electron chi connectivity index (χ3n) is 3.01. The molecule has 0 bridgehead atoms. The van der Waals surface area contributed by atoms with Crippen LogP contribution in [-0.2, 0) is 0 Å². The van der Waals surface area contributed by atoms with E-state index in [1.165, 1.54) is 0 Å². The van der Waals surface area contributed by atoms with Gasteiger partial charge < -0.3 is 0 Å². The summed E-state index contributed by atoms with van der Waals surface area (Å²) in [6, 6.07) is 0. The fourth-order valence-corrected chi connectivity index (χ4v) is 2.19. The zero-order valence-electron chi connectivity index (χ0n) is 10.0. The smallest absolute Gasteiger partial charge is 0.171 e. The highest BCUT2D eigenvalue weighted by molar-refractivity contribution is 4.76. The van der Waals surface area contributed by atoms with Gasteiger partial charge in [-0.15, -0.1) is 0 Å². The Kier molecular flexibility index (Phi) is 7.03. The maximum Gasteiger partial charge on any atom is 0.391 e. The predicted octanol–water partition coefficient (Wildman–Crippen LogP) is 5.18. The van der Waals surface area contributed by atoms with Gasteiger partial charge in [0.15, 0.2) is 0 Å². The summed E-state index contributed by atoms with van der Waals surface area (Å²) < 4.78 is 36.8. The first kappa shape index (κ1) is 14.8. The molecule has 0 atom stereocenters. The molecule has 0 unspecified atom stereocenters. The molecule has 1 fully saturated rings. The van der Waals surface area contributed by atoms with Crippen LogP contribution in [0.4, 0.5) is 13.2 Å². The SMILES string of the molecule is CC.CCCC1CCC(C(F)(F)F)CC1. The lowest BCUT2D eigenvalue weighted by molar-refractivity contribution is -0.184. The standard InChI is InChI=1S/C10H17F3.C2H6/c1-2-3-8-4-6-9(7-5-8)10(11,12)13;1-2/h8-9H,2-7H2,1H3;1-2H3. The average Bonchev–Trinajstić information content (AvgIpc) is 2.21. The van der Waals surface area contributed by atoms with E-state index in [2.05, 4.69) is 6.92 Å². The van der Waals surface area contributed by atoms with Crippen molar-refractivity contribution in [1.29, 1.82) is 0 Å². The molecule has 0 aromatic heterocycles. The van der Waals surface area contributed by atoms with Gasteiger partial charge in [0.05, 0.1) is 5.92 Å². The Hall–Kier alpha value is -0.210. The van der Waals surface area contributed by atoms with Gasteiger partial charge >= 0.3 is 6.18 Å². The van der Waals surface area contributed by atoms with E-state index in [9.17, 15) is 13.2 Å². The van der Waals surface area contributed by atoms with Gasteiger partial charge in [0.2, 0.25) is 0 Å². The second kappa shape index (κ2) is 7.13. The van der Waals surface area contributed by atoms with Gasteiger partial charge in [-0.2, -0.15) is 13.2 Å². The van der Waals surface area contributed by atoms with Gasteiger partial charge in [0, 0.05) is 0 Å². The van der Waals surface area contributed by atoms with Crippen LogP contribution in [-0.4, -0.2) is 6.18 Å². The van der Waals surface area contributed by atoms with Gasteiger partial charge in [0.1, 0.15) is 0 Å². The van der Waals surface area contributed by atoms with Crippen LogP contribution in [0.2, 0.25) is 0 Å². The Balaban J connectivity index is 0.000000921. The highest BCUT2D eigenvalue weighted by Gasteiger charge is 2.41. The zero-order chi connectivity index (χ0) is 11.9. The van der Waals surface area contributed by atoms with Crippen LogP contribution in [0.3, 0.4) is 0 Å². The van der Waals surface area contributed by atoms with E-state index in [0.717, 1.165) is 25.7 Å². The van der Waals surface area contributed by atoms with Crippen LogP contribution in [0.15, 0.2) is 0 Å². The van der Waals surface area contributed by atoms with Crippen LogP contribution in [0, 0.1) is 11.8 Å². The van der Waals surface area contributed by atoms with Crippen LogP contribution in [0.25, 0.3) is 0 Å². The zero-order valence-corrected chi connectivity index (χ0v) is 10.0. The topological polar surface area (TPSA) is 0 Å². The summed E-state index contributed by atoms with van der Waals surface area (Å²) in [5.74, 6) is -0.454. The fraction of sp³-hybridized carbons (Fsp3) is 1.00. The molecule has 0 aromatic carbocycles. The molecule has 1 saturated carbocycles. The normalized spacial score (nSPS) is 26.8. The van der Waals surface area contributed by atoms with Crippen LogP contribution in [0.1, 0.15) is 59.3 Å². The molecular formula is C12H23F3. The first-order chi connectivity index (χ1) is 7.04. The molecule has 0 N–H and O–H groups in total. The monoisotopic (exact) mass is 224 g/mol. The molecule has 0 aliphatic heterocycles. The number of rotatable bonds is 2. The van der Waals surface area contributed by atoms with E-state index in [-0.39, 0.29) is 0 Å². The Bertz CT molecular complexity index is 143. The minimum Gasteiger partial charge on any atom is -0.171 e. The molecule has 92 valence electrons. The van der Waals surface area contributed by atoms with Gasteiger partial charge in [-0.25, -0.2) is 0 Å². The Morgan fingerprint density at radius 1 is 1.00 bits per heavy atom. The maximum atomic E-state index is 12.3. The minimum absolute atomic E-state index is 0.355. The van der Waals surface area contributed by atoms with Crippen LogP contribution < -0.4 is 0 Å². The third-order valence-corrected chi connectivity index (χ3v) is 3.01. The van der Waals surface area contributed by atoms with Crippen molar-refractivity contribution < 1.29 is 13.2 Å². The number of hydrogen-bond donors (Lipinski definition) is 0. The van der Waals surface area contributed by atoms with Crippen LogP contribution >= 0.6 is 0 Å². The van der Waals surface area contributed by atoms with Gasteiger partial charge in [-0.1, -0.05) is 33.6 Å². The molecule has 0 nitrogen and oxygen atoms in total. The van der Waals surface area contributed by atoms with Crippen molar-refractivity contribution in [1.82, 2.24) is 0 Å². The molecule has 0 aromatic rings. The van der Waals surface area contributed by atoms with Crippen molar-refractivity contribution in [2.45, 2.75) is 65.5 Å². The van der Waals surface area contributed by atoms with E-state index >= 15 is 0 Å². The van der Waals surface area contributed by atoms with Crippen molar-refractivity contribution in [2.24, 2.45) is 11.8 Å². The van der Waals surface area contributed by atoms with Crippen molar-refractivity contribution in [3.05, 3.63) is 0 Å². The van der Waals surface area contributed by atoms with Gasteiger partial charge in [-0.05, 0) is 31.6 Å². The van der Waals surface area contributed by atoms with E-state index in [1.807, 2.05) is 13.8 Å². The lowest BCUT2D eigenvalue weighted by atomic mass is 9.80. The maximum absolute atomic E-state index is 12.3. The molecular weight excluding hydrogens is 201 g/mol. The number of alkyl halides is 3. The molecule has 0 amide bonds. The summed E-state index contributed by atoms with van der Waals surface area (Å²) in [4.78, 5) is 0. The molecule has 0 heterocycles. The highest BCUT2D eigenvalue weighted by atomic mass is 19.4. The summed E-state index contributed by atoms with van der Waals surface area (Å²) in [5.41, 5.74) is 0. The van der Waals surface area contributed by atoms with Crippen molar-refractivity contribution in [2.75, 3.05) is 0 Å². The predicted molar refractivity (Wildman–Crippen MR) is 57.8 cm³/mol. The van der Waals surface area contributed by atoms with Crippen LogP contribution in [0.5, 0.6) is 0 Å². The highest BCUT2D eigenvalue weighted by Crippen LogP contribution is 2.40. The quantitative estimate of drug-likeness (QED) is 0.606. The first-order valence-electron chi connectivity index (χ1n) is 6.10. The molecule has 0 saturated heterocycles. The molecule has 1 aliphatic carbocycles.